The fourth-order valence-corrected chi connectivity index (χ4v) is 4.40. The monoisotopic (exact) mass is 276 g/mol. The highest BCUT2D eigenvalue weighted by atomic mass is 32.2. The summed E-state index contributed by atoms with van der Waals surface area (Å²) in [5.41, 5.74) is 0. The largest absolute Gasteiger partial charge is 0.379 e. The molecule has 0 aromatic carbocycles. The fraction of sp³-hybridized carbons (Fsp3) is 0.909. The van der Waals surface area contributed by atoms with Crippen LogP contribution in [0.2, 0.25) is 0 Å². The quantitative estimate of drug-likeness (QED) is 0.725. The molecule has 0 aliphatic carbocycles. The molecule has 0 amide bonds. The zero-order chi connectivity index (χ0) is 13.2. The molecule has 0 radical (unpaired) electrons. The Balaban J connectivity index is 2.10. The van der Waals surface area contributed by atoms with Crippen molar-refractivity contribution in [2.24, 2.45) is 0 Å². The van der Waals surface area contributed by atoms with Gasteiger partial charge >= 0.3 is 0 Å². The summed E-state index contributed by atoms with van der Waals surface area (Å²) in [6.07, 6.45) is 1.94. The van der Waals surface area contributed by atoms with Crippen molar-refractivity contribution in [3.8, 4) is 0 Å². The van der Waals surface area contributed by atoms with Crippen molar-refractivity contribution in [3.05, 3.63) is 0 Å². The topological polar surface area (TPSA) is 66.9 Å². The first kappa shape index (κ1) is 13.9. The van der Waals surface area contributed by atoms with Gasteiger partial charge in [0.2, 0.25) is 0 Å². The van der Waals surface area contributed by atoms with Gasteiger partial charge in [-0.15, -0.1) is 0 Å². The van der Waals surface area contributed by atoms with E-state index in [1.165, 1.54) is 15.5 Å². The predicted octanol–water partition coefficient (Wildman–Crippen LogP) is 0.00690. The van der Waals surface area contributed by atoms with Crippen LogP contribution in [0.5, 0.6) is 0 Å². The number of hydrogen-bond acceptors (Lipinski definition) is 4. The lowest BCUT2D eigenvalue weighted by Gasteiger charge is -2.32. The van der Waals surface area contributed by atoms with Gasteiger partial charge in [-0.25, -0.2) is 0 Å². The molecule has 2 fully saturated rings. The number of ketones is 1. The van der Waals surface area contributed by atoms with Gasteiger partial charge in [0.05, 0.1) is 13.2 Å². The molecular weight excluding hydrogens is 256 g/mol. The van der Waals surface area contributed by atoms with Crippen LogP contribution in [0.25, 0.3) is 0 Å². The summed E-state index contributed by atoms with van der Waals surface area (Å²) in [5.74, 6) is 0.0454. The van der Waals surface area contributed by atoms with E-state index < -0.39 is 10.2 Å². The first-order chi connectivity index (χ1) is 8.51. The van der Waals surface area contributed by atoms with Crippen molar-refractivity contribution in [2.45, 2.75) is 32.2 Å². The molecule has 2 rings (SSSR count). The molecule has 0 aromatic heterocycles. The normalized spacial score (nSPS) is 27.5. The van der Waals surface area contributed by atoms with Gasteiger partial charge in [-0.05, 0) is 19.8 Å². The van der Waals surface area contributed by atoms with E-state index in [1.807, 2.05) is 0 Å². The van der Waals surface area contributed by atoms with Crippen LogP contribution >= 0.6 is 0 Å². The van der Waals surface area contributed by atoms with Crippen molar-refractivity contribution in [3.63, 3.8) is 0 Å². The fourth-order valence-electron chi connectivity index (χ4n) is 2.57. The molecule has 2 aliphatic rings. The molecule has 2 saturated heterocycles. The summed E-state index contributed by atoms with van der Waals surface area (Å²) >= 11 is 0. The molecule has 7 heteroatoms. The van der Waals surface area contributed by atoms with Crippen molar-refractivity contribution in [1.29, 1.82) is 0 Å². The summed E-state index contributed by atoms with van der Waals surface area (Å²) in [4.78, 5) is 11.2. The Morgan fingerprint density at radius 3 is 2.56 bits per heavy atom. The number of Topliss-reactive ketones (excluding diaryl/α,β-unsaturated/α-hetero) is 1. The number of rotatable bonds is 4. The molecule has 0 spiro atoms. The highest BCUT2D eigenvalue weighted by Crippen LogP contribution is 2.26. The van der Waals surface area contributed by atoms with Gasteiger partial charge in [-0.2, -0.15) is 17.0 Å². The van der Waals surface area contributed by atoms with Crippen LogP contribution in [0, 0.1) is 0 Å². The van der Waals surface area contributed by atoms with Gasteiger partial charge in [0.25, 0.3) is 10.2 Å². The van der Waals surface area contributed by atoms with E-state index in [0.29, 0.717) is 39.3 Å². The van der Waals surface area contributed by atoms with E-state index in [0.717, 1.165) is 12.8 Å². The van der Waals surface area contributed by atoms with E-state index in [1.54, 1.807) is 0 Å². The zero-order valence-electron chi connectivity index (χ0n) is 10.7. The smallest absolute Gasteiger partial charge is 0.282 e. The molecule has 2 heterocycles. The van der Waals surface area contributed by atoms with Crippen LogP contribution in [0.4, 0.5) is 0 Å². The Kier molecular flexibility index (Phi) is 4.37. The Hall–Kier alpha value is -0.500. The van der Waals surface area contributed by atoms with Crippen molar-refractivity contribution in [2.75, 3.05) is 32.8 Å². The summed E-state index contributed by atoms with van der Waals surface area (Å²) in [6.45, 7) is 3.75. The lowest BCUT2D eigenvalue weighted by Crippen LogP contribution is -2.50. The Bertz CT molecular complexity index is 403. The molecular formula is C11H20N2O4S. The standard InChI is InChI=1S/C11H20N2O4S/c1-10(14)9-11-3-2-4-13(11)18(15,16)12-5-7-17-8-6-12/h11H,2-9H2,1H3. The maximum atomic E-state index is 12.5. The minimum atomic E-state index is -3.42. The second-order valence-corrected chi connectivity index (χ2v) is 6.71. The Morgan fingerprint density at radius 1 is 1.28 bits per heavy atom. The third-order valence-corrected chi connectivity index (χ3v) is 5.53. The lowest BCUT2D eigenvalue weighted by molar-refractivity contribution is -0.117. The average Bonchev–Trinajstić information content (AvgIpc) is 2.78. The van der Waals surface area contributed by atoms with Gasteiger partial charge in [0.15, 0.2) is 0 Å². The number of carbonyl (C=O) groups is 1. The summed E-state index contributed by atoms with van der Waals surface area (Å²) in [7, 11) is -3.42. The zero-order valence-corrected chi connectivity index (χ0v) is 11.5. The van der Waals surface area contributed by atoms with Gasteiger partial charge in [0, 0.05) is 32.1 Å². The number of nitrogens with zero attached hydrogens (tertiary/aromatic N) is 2. The minimum absolute atomic E-state index is 0.0454. The first-order valence-electron chi connectivity index (χ1n) is 6.36. The van der Waals surface area contributed by atoms with Gasteiger partial charge in [-0.1, -0.05) is 0 Å². The Morgan fingerprint density at radius 2 is 1.94 bits per heavy atom. The average molecular weight is 276 g/mol. The van der Waals surface area contributed by atoms with E-state index >= 15 is 0 Å². The van der Waals surface area contributed by atoms with Crippen LogP contribution in [0.1, 0.15) is 26.2 Å². The number of carbonyl (C=O) groups excluding carboxylic acids is 1. The maximum absolute atomic E-state index is 12.5. The molecule has 0 bridgehead atoms. The second-order valence-electron chi connectivity index (χ2n) is 4.83. The highest BCUT2D eigenvalue weighted by molar-refractivity contribution is 7.86. The highest BCUT2D eigenvalue weighted by Gasteiger charge is 2.38. The minimum Gasteiger partial charge on any atom is -0.379 e. The molecule has 6 nitrogen and oxygen atoms in total. The van der Waals surface area contributed by atoms with Crippen LogP contribution < -0.4 is 0 Å². The maximum Gasteiger partial charge on any atom is 0.282 e. The number of morpholine rings is 1. The van der Waals surface area contributed by atoms with Crippen LogP contribution in [-0.2, 0) is 19.7 Å². The van der Waals surface area contributed by atoms with Crippen LogP contribution in [-0.4, -0.2) is 61.7 Å². The van der Waals surface area contributed by atoms with E-state index in [2.05, 4.69) is 0 Å². The van der Waals surface area contributed by atoms with Crippen molar-refractivity contribution < 1.29 is 17.9 Å². The van der Waals surface area contributed by atoms with Crippen LogP contribution in [0.3, 0.4) is 0 Å². The van der Waals surface area contributed by atoms with E-state index in [9.17, 15) is 13.2 Å². The Labute approximate surface area is 108 Å². The molecule has 1 unspecified atom stereocenters. The molecule has 104 valence electrons. The first-order valence-corrected chi connectivity index (χ1v) is 7.75. The molecule has 0 saturated carbocycles. The summed E-state index contributed by atoms with van der Waals surface area (Å²) in [5, 5.41) is 0. The van der Waals surface area contributed by atoms with Gasteiger partial charge in [0.1, 0.15) is 5.78 Å². The third-order valence-electron chi connectivity index (χ3n) is 3.44. The van der Waals surface area contributed by atoms with E-state index in [4.69, 9.17) is 4.74 Å². The predicted molar refractivity (Wildman–Crippen MR) is 66.3 cm³/mol. The van der Waals surface area contributed by atoms with Gasteiger partial charge < -0.3 is 4.74 Å². The van der Waals surface area contributed by atoms with Crippen molar-refractivity contribution in [1.82, 2.24) is 8.61 Å². The SMILES string of the molecule is CC(=O)CC1CCCN1S(=O)(=O)N1CCOCC1. The van der Waals surface area contributed by atoms with Crippen molar-refractivity contribution >= 4 is 16.0 Å². The summed E-state index contributed by atoms with van der Waals surface area (Å²) in [6, 6.07) is -0.157. The molecule has 2 aliphatic heterocycles. The van der Waals surface area contributed by atoms with Crippen LogP contribution in [0.15, 0.2) is 0 Å². The van der Waals surface area contributed by atoms with Gasteiger partial charge in [-0.3, -0.25) is 4.79 Å². The van der Waals surface area contributed by atoms with E-state index in [-0.39, 0.29) is 11.8 Å². The lowest BCUT2D eigenvalue weighted by atomic mass is 10.1. The number of ether oxygens (including phenoxy) is 1. The molecule has 0 aromatic rings. The molecule has 18 heavy (non-hydrogen) atoms. The summed E-state index contributed by atoms with van der Waals surface area (Å²) < 4.78 is 33.1. The second kappa shape index (κ2) is 5.64. The number of hydrogen-bond donors (Lipinski definition) is 0. The molecule has 1 atom stereocenters. The molecule has 0 N–H and O–H groups in total. The third kappa shape index (κ3) is 2.90.